The second-order valence-electron chi connectivity index (χ2n) is 5.82. The first kappa shape index (κ1) is 20.2. The molecule has 0 bridgehead atoms. The van der Waals surface area contributed by atoms with Crippen LogP contribution in [0.3, 0.4) is 0 Å². The Bertz CT molecular complexity index is 901. The van der Waals surface area contributed by atoms with Crippen LogP contribution in [-0.4, -0.2) is 22.8 Å². The van der Waals surface area contributed by atoms with Crippen molar-refractivity contribution in [3.8, 4) is 5.75 Å². The largest absolute Gasteiger partial charge is 0.481 e. The predicted octanol–water partition coefficient (Wildman–Crippen LogP) is 3.09. The molecule has 0 radical (unpaired) electrons. The molecule has 27 heavy (non-hydrogen) atoms. The Kier molecular flexibility index (Phi) is 6.36. The van der Waals surface area contributed by atoms with Gasteiger partial charge in [0.25, 0.3) is 17.5 Å². The number of hydrazine groups is 1. The Labute approximate surface area is 160 Å². The maximum atomic E-state index is 12.2. The summed E-state index contributed by atoms with van der Waals surface area (Å²) >= 11 is 5.79. The van der Waals surface area contributed by atoms with Crippen LogP contribution in [-0.2, 0) is 4.79 Å². The van der Waals surface area contributed by atoms with Crippen molar-refractivity contribution in [1.29, 1.82) is 0 Å². The number of halogens is 1. The average Bonchev–Trinajstić information content (AvgIpc) is 2.62. The Morgan fingerprint density at radius 1 is 1.19 bits per heavy atom. The first-order valence-electron chi connectivity index (χ1n) is 7.97. The summed E-state index contributed by atoms with van der Waals surface area (Å²) < 4.78 is 5.61. The number of hydrogen-bond donors (Lipinski definition) is 2. The van der Waals surface area contributed by atoms with Gasteiger partial charge in [-0.05, 0) is 50.1 Å². The van der Waals surface area contributed by atoms with Crippen molar-refractivity contribution >= 4 is 29.1 Å². The molecule has 0 heterocycles. The van der Waals surface area contributed by atoms with Crippen LogP contribution in [0.1, 0.15) is 28.4 Å². The first-order chi connectivity index (χ1) is 12.7. The van der Waals surface area contributed by atoms with Crippen molar-refractivity contribution in [2.45, 2.75) is 26.9 Å². The molecule has 0 unspecified atom stereocenters. The van der Waals surface area contributed by atoms with E-state index in [9.17, 15) is 19.7 Å². The molecule has 142 valence electrons. The van der Waals surface area contributed by atoms with E-state index < -0.39 is 28.5 Å². The molecule has 2 N–H and O–H groups in total. The monoisotopic (exact) mass is 391 g/mol. The molecule has 0 saturated heterocycles. The lowest BCUT2D eigenvalue weighted by Gasteiger charge is -2.17. The maximum absolute atomic E-state index is 12.2. The van der Waals surface area contributed by atoms with Gasteiger partial charge < -0.3 is 4.74 Å². The SMILES string of the molecule is Cc1cccc(O[C@@H](C)C(=O)NNC(=O)c2cc(Cl)ccc2[N+](=O)[O-])c1C. The number of carbonyl (C=O) groups excluding carboxylic acids is 2. The zero-order valence-electron chi connectivity index (χ0n) is 14.9. The molecule has 0 aliphatic rings. The third kappa shape index (κ3) is 4.95. The number of nitro groups is 1. The Morgan fingerprint density at radius 2 is 1.89 bits per heavy atom. The molecule has 2 aromatic carbocycles. The van der Waals surface area contributed by atoms with Gasteiger partial charge in [0.2, 0.25) is 0 Å². The van der Waals surface area contributed by atoms with Crippen molar-refractivity contribution in [2.24, 2.45) is 0 Å². The van der Waals surface area contributed by atoms with Crippen LogP contribution in [0.2, 0.25) is 5.02 Å². The fourth-order valence-electron chi connectivity index (χ4n) is 2.23. The predicted molar refractivity (Wildman–Crippen MR) is 99.7 cm³/mol. The topological polar surface area (TPSA) is 111 Å². The quantitative estimate of drug-likeness (QED) is 0.601. The molecule has 8 nitrogen and oxygen atoms in total. The highest BCUT2D eigenvalue weighted by Gasteiger charge is 2.22. The highest BCUT2D eigenvalue weighted by molar-refractivity contribution is 6.31. The van der Waals surface area contributed by atoms with E-state index in [-0.39, 0.29) is 10.6 Å². The molecule has 0 fully saturated rings. The van der Waals surface area contributed by atoms with Crippen LogP contribution in [0.5, 0.6) is 5.75 Å². The van der Waals surface area contributed by atoms with E-state index in [4.69, 9.17) is 16.3 Å². The lowest BCUT2D eigenvalue weighted by Crippen LogP contribution is -2.47. The number of aryl methyl sites for hydroxylation is 1. The molecular weight excluding hydrogens is 374 g/mol. The summed E-state index contributed by atoms with van der Waals surface area (Å²) in [5.41, 5.74) is 5.55. The normalized spacial score (nSPS) is 11.4. The van der Waals surface area contributed by atoms with Crippen LogP contribution < -0.4 is 15.6 Å². The number of ether oxygens (including phenoxy) is 1. The van der Waals surface area contributed by atoms with Gasteiger partial charge in [0, 0.05) is 11.1 Å². The van der Waals surface area contributed by atoms with Gasteiger partial charge in [-0.25, -0.2) is 0 Å². The van der Waals surface area contributed by atoms with E-state index in [1.54, 1.807) is 6.07 Å². The van der Waals surface area contributed by atoms with Crippen LogP contribution >= 0.6 is 11.6 Å². The van der Waals surface area contributed by atoms with Gasteiger partial charge in [0.1, 0.15) is 11.3 Å². The van der Waals surface area contributed by atoms with Gasteiger partial charge in [-0.15, -0.1) is 0 Å². The van der Waals surface area contributed by atoms with Crippen molar-refractivity contribution in [3.63, 3.8) is 0 Å². The number of benzene rings is 2. The van der Waals surface area contributed by atoms with Crippen LogP contribution in [0.25, 0.3) is 0 Å². The minimum Gasteiger partial charge on any atom is -0.481 e. The van der Waals surface area contributed by atoms with E-state index in [1.807, 2.05) is 26.0 Å². The molecule has 0 aliphatic heterocycles. The third-order valence-electron chi connectivity index (χ3n) is 3.93. The van der Waals surface area contributed by atoms with Gasteiger partial charge in [-0.1, -0.05) is 23.7 Å². The van der Waals surface area contributed by atoms with E-state index in [0.717, 1.165) is 23.3 Å². The molecule has 0 saturated carbocycles. The second kappa shape index (κ2) is 8.50. The minimum atomic E-state index is -0.903. The number of nitro benzene ring substituents is 1. The first-order valence-corrected chi connectivity index (χ1v) is 8.35. The standard InChI is InChI=1S/C18H18ClN3O5/c1-10-5-4-6-16(11(10)2)27-12(3)17(23)20-21-18(24)14-9-13(19)7-8-15(14)22(25)26/h4-9,12H,1-3H3,(H,20,23)(H,21,24)/t12-/m0/s1. The van der Waals surface area contributed by atoms with E-state index in [2.05, 4.69) is 10.9 Å². The zero-order chi connectivity index (χ0) is 20.1. The Hall–Kier alpha value is -3.13. The Morgan fingerprint density at radius 3 is 2.56 bits per heavy atom. The number of nitrogens with zero attached hydrogens (tertiary/aromatic N) is 1. The number of carbonyl (C=O) groups is 2. The summed E-state index contributed by atoms with van der Waals surface area (Å²) in [5.74, 6) is -0.931. The van der Waals surface area contributed by atoms with Gasteiger partial charge in [-0.2, -0.15) is 0 Å². The second-order valence-corrected chi connectivity index (χ2v) is 6.26. The van der Waals surface area contributed by atoms with E-state index in [1.165, 1.54) is 13.0 Å². The van der Waals surface area contributed by atoms with Crippen molar-refractivity contribution in [2.75, 3.05) is 0 Å². The molecule has 1 atom stereocenters. The molecule has 0 spiro atoms. The maximum Gasteiger partial charge on any atom is 0.282 e. The molecular formula is C18H18ClN3O5. The van der Waals surface area contributed by atoms with E-state index >= 15 is 0 Å². The summed E-state index contributed by atoms with van der Waals surface area (Å²) in [4.78, 5) is 34.6. The van der Waals surface area contributed by atoms with Gasteiger partial charge in [0.05, 0.1) is 4.92 Å². The molecule has 9 heteroatoms. The van der Waals surface area contributed by atoms with Crippen molar-refractivity contribution in [3.05, 3.63) is 68.2 Å². The fraction of sp³-hybridized carbons (Fsp3) is 0.222. The minimum absolute atomic E-state index is 0.156. The summed E-state index contributed by atoms with van der Waals surface area (Å²) in [6, 6.07) is 9.03. The molecule has 2 amide bonds. The molecule has 2 rings (SSSR count). The van der Waals surface area contributed by atoms with Crippen molar-refractivity contribution < 1.29 is 19.2 Å². The number of rotatable bonds is 5. The highest BCUT2D eigenvalue weighted by Crippen LogP contribution is 2.23. The average molecular weight is 392 g/mol. The van der Waals surface area contributed by atoms with Crippen LogP contribution in [0.15, 0.2) is 36.4 Å². The van der Waals surface area contributed by atoms with E-state index in [0.29, 0.717) is 5.75 Å². The molecule has 0 aromatic heterocycles. The highest BCUT2D eigenvalue weighted by atomic mass is 35.5. The van der Waals surface area contributed by atoms with Crippen LogP contribution in [0, 0.1) is 24.0 Å². The van der Waals surface area contributed by atoms with Gasteiger partial charge >= 0.3 is 0 Å². The van der Waals surface area contributed by atoms with Gasteiger partial charge in [-0.3, -0.25) is 30.6 Å². The third-order valence-corrected chi connectivity index (χ3v) is 4.16. The lowest BCUT2D eigenvalue weighted by molar-refractivity contribution is -0.385. The van der Waals surface area contributed by atoms with Crippen molar-refractivity contribution in [1.82, 2.24) is 10.9 Å². The summed E-state index contributed by atoms with van der Waals surface area (Å²) in [5, 5.41) is 11.2. The molecule has 0 aliphatic carbocycles. The summed E-state index contributed by atoms with van der Waals surface area (Å²) in [6.07, 6.45) is -0.903. The fourth-order valence-corrected chi connectivity index (χ4v) is 2.40. The zero-order valence-corrected chi connectivity index (χ0v) is 15.7. The Balaban J connectivity index is 2.03. The lowest BCUT2D eigenvalue weighted by atomic mass is 10.1. The molecule has 2 aromatic rings. The number of hydrogen-bond acceptors (Lipinski definition) is 5. The van der Waals surface area contributed by atoms with Crippen LogP contribution in [0.4, 0.5) is 5.69 Å². The summed E-state index contributed by atoms with van der Waals surface area (Å²) in [7, 11) is 0. The van der Waals surface area contributed by atoms with Gasteiger partial charge in [0.15, 0.2) is 6.10 Å². The number of nitrogens with one attached hydrogen (secondary N) is 2. The number of amides is 2. The summed E-state index contributed by atoms with van der Waals surface area (Å²) in [6.45, 7) is 5.31. The smallest absolute Gasteiger partial charge is 0.282 e.